The first-order chi connectivity index (χ1) is 10.0. The van der Waals surface area contributed by atoms with Gasteiger partial charge in [-0.2, -0.15) is 5.10 Å². The monoisotopic (exact) mass is 289 g/mol. The maximum atomic E-state index is 11.9. The van der Waals surface area contributed by atoms with Crippen LogP contribution in [0.25, 0.3) is 5.82 Å². The van der Waals surface area contributed by atoms with Crippen LogP contribution in [0.15, 0.2) is 18.3 Å². The second kappa shape index (κ2) is 6.31. The third-order valence-corrected chi connectivity index (χ3v) is 2.83. The lowest BCUT2D eigenvalue weighted by Crippen LogP contribution is -2.22. The summed E-state index contributed by atoms with van der Waals surface area (Å²) in [5, 5.41) is 4.24. The van der Waals surface area contributed by atoms with Gasteiger partial charge in [-0.25, -0.2) is 20.5 Å². The molecule has 2 rings (SSSR count). The number of hydrogen-bond donors (Lipinski definition) is 2. The quantitative estimate of drug-likeness (QED) is 0.617. The lowest BCUT2D eigenvalue weighted by molar-refractivity contribution is 0.0821. The number of nitrogens with one attached hydrogen (secondary N) is 1. The second-order valence-electron chi connectivity index (χ2n) is 4.77. The first-order valence-electron chi connectivity index (χ1n) is 6.67. The number of nitrogen functional groups attached to an aromatic ring is 1. The van der Waals surface area contributed by atoms with Crippen LogP contribution in [0.2, 0.25) is 0 Å². The number of carbonyl (C=O) groups is 1. The van der Waals surface area contributed by atoms with E-state index in [1.54, 1.807) is 37.1 Å². The summed E-state index contributed by atoms with van der Waals surface area (Å²) in [6.45, 7) is 2.05. The normalized spacial score (nSPS) is 10.5. The van der Waals surface area contributed by atoms with Crippen LogP contribution in [0.4, 0.5) is 5.82 Å². The number of nitrogens with zero attached hydrogens (tertiary/aromatic N) is 5. The van der Waals surface area contributed by atoms with Gasteiger partial charge in [0.15, 0.2) is 11.5 Å². The van der Waals surface area contributed by atoms with E-state index in [9.17, 15) is 4.79 Å². The van der Waals surface area contributed by atoms with E-state index >= 15 is 0 Å². The molecule has 3 N–H and O–H groups in total. The third-order valence-electron chi connectivity index (χ3n) is 2.83. The van der Waals surface area contributed by atoms with Crippen LogP contribution in [0, 0.1) is 0 Å². The Hall–Kier alpha value is -2.48. The van der Waals surface area contributed by atoms with Crippen molar-refractivity contribution in [2.75, 3.05) is 19.5 Å². The van der Waals surface area contributed by atoms with Crippen LogP contribution in [-0.4, -0.2) is 44.7 Å². The standard InChI is InChI=1S/C13H19N7O/c1-4-5-10-15-11(17-14)8-12(16-10)20-7-6-9(18-20)13(21)19(2)3/h6-8H,4-5,14H2,1-3H3,(H,15,16,17). The molecule has 0 aliphatic heterocycles. The number of aromatic nitrogens is 4. The van der Waals surface area contributed by atoms with Crippen molar-refractivity contribution in [1.29, 1.82) is 0 Å². The lowest BCUT2D eigenvalue weighted by Gasteiger charge is -2.08. The topological polar surface area (TPSA) is 102 Å². The molecule has 0 saturated carbocycles. The van der Waals surface area contributed by atoms with Crippen molar-refractivity contribution in [1.82, 2.24) is 24.6 Å². The Morgan fingerprint density at radius 1 is 1.43 bits per heavy atom. The molecule has 1 amide bonds. The zero-order valence-electron chi connectivity index (χ0n) is 12.4. The van der Waals surface area contributed by atoms with Gasteiger partial charge >= 0.3 is 0 Å². The molecule has 2 aromatic heterocycles. The Kier molecular flexibility index (Phi) is 4.49. The minimum Gasteiger partial charge on any atom is -0.343 e. The predicted molar refractivity (Wildman–Crippen MR) is 79.0 cm³/mol. The number of nitrogens with two attached hydrogens (primary N) is 1. The van der Waals surface area contributed by atoms with Gasteiger partial charge in [0.1, 0.15) is 11.6 Å². The molecular formula is C13H19N7O. The van der Waals surface area contributed by atoms with E-state index in [0.717, 1.165) is 12.8 Å². The van der Waals surface area contributed by atoms with Crippen LogP contribution in [-0.2, 0) is 6.42 Å². The fourth-order valence-electron chi connectivity index (χ4n) is 1.80. The number of rotatable bonds is 5. The molecule has 0 bridgehead atoms. The van der Waals surface area contributed by atoms with Crippen LogP contribution in [0.1, 0.15) is 29.7 Å². The van der Waals surface area contributed by atoms with E-state index in [-0.39, 0.29) is 5.91 Å². The highest BCUT2D eigenvalue weighted by atomic mass is 16.2. The Balaban J connectivity index is 2.37. The molecule has 0 radical (unpaired) electrons. The first-order valence-corrected chi connectivity index (χ1v) is 6.67. The van der Waals surface area contributed by atoms with Crippen LogP contribution < -0.4 is 11.3 Å². The number of anilines is 1. The van der Waals surface area contributed by atoms with E-state index in [0.29, 0.717) is 23.2 Å². The van der Waals surface area contributed by atoms with E-state index in [4.69, 9.17) is 5.84 Å². The van der Waals surface area contributed by atoms with Gasteiger partial charge < -0.3 is 10.3 Å². The third kappa shape index (κ3) is 3.34. The average Bonchev–Trinajstić information content (AvgIpc) is 2.96. The molecule has 2 heterocycles. The largest absolute Gasteiger partial charge is 0.343 e. The van der Waals surface area contributed by atoms with Crippen molar-refractivity contribution in [2.45, 2.75) is 19.8 Å². The highest BCUT2D eigenvalue weighted by Crippen LogP contribution is 2.12. The molecule has 8 heteroatoms. The SMILES string of the molecule is CCCc1nc(NN)cc(-n2ccc(C(=O)N(C)C)n2)n1. The fraction of sp³-hybridized carbons (Fsp3) is 0.385. The molecule has 0 aliphatic rings. The summed E-state index contributed by atoms with van der Waals surface area (Å²) in [6.07, 6.45) is 3.36. The van der Waals surface area contributed by atoms with Gasteiger partial charge in [0.05, 0.1) is 0 Å². The molecule has 0 unspecified atom stereocenters. The maximum Gasteiger partial charge on any atom is 0.273 e. The summed E-state index contributed by atoms with van der Waals surface area (Å²) in [6, 6.07) is 3.33. The molecule has 0 aliphatic carbocycles. The maximum absolute atomic E-state index is 11.9. The Morgan fingerprint density at radius 3 is 2.81 bits per heavy atom. The molecule has 0 fully saturated rings. The molecule has 8 nitrogen and oxygen atoms in total. The summed E-state index contributed by atoms with van der Waals surface area (Å²) >= 11 is 0. The van der Waals surface area contributed by atoms with Crippen LogP contribution in [0.5, 0.6) is 0 Å². The van der Waals surface area contributed by atoms with E-state index in [1.807, 2.05) is 6.92 Å². The molecule has 0 atom stereocenters. The van der Waals surface area contributed by atoms with Crippen molar-refractivity contribution in [3.63, 3.8) is 0 Å². The predicted octanol–water partition coefficient (Wildman–Crippen LogP) is 0.602. The molecule has 2 aromatic rings. The molecule has 0 aromatic carbocycles. The Labute approximate surface area is 123 Å². The molecule has 0 saturated heterocycles. The summed E-state index contributed by atoms with van der Waals surface area (Å²) < 4.78 is 1.54. The van der Waals surface area contributed by atoms with Gasteiger partial charge in [-0.3, -0.25) is 4.79 Å². The van der Waals surface area contributed by atoms with Gasteiger partial charge in [-0.05, 0) is 12.5 Å². The van der Waals surface area contributed by atoms with Gasteiger partial charge in [-0.1, -0.05) is 6.92 Å². The Bertz CT molecular complexity index is 635. The number of carbonyl (C=O) groups excluding carboxylic acids is 1. The second-order valence-corrected chi connectivity index (χ2v) is 4.77. The van der Waals surface area contributed by atoms with E-state index in [1.165, 1.54) is 4.90 Å². The smallest absolute Gasteiger partial charge is 0.273 e. The van der Waals surface area contributed by atoms with E-state index < -0.39 is 0 Å². The summed E-state index contributed by atoms with van der Waals surface area (Å²) in [5.41, 5.74) is 2.88. The lowest BCUT2D eigenvalue weighted by atomic mass is 10.3. The fourth-order valence-corrected chi connectivity index (χ4v) is 1.80. The highest BCUT2D eigenvalue weighted by Gasteiger charge is 2.13. The van der Waals surface area contributed by atoms with Gasteiger partial charge in [0.2, 0.25) is 0 Å². The number of hydrogen-bond acceptors (Lipinski definition) is 6. The molecular weight excluding hydrogens is 270 g/mol. The van der Waals surface area contributed by atoms with Crippen LogP contribution in [0.3, 0.4) is 0 Å². The van der Waals surface area contributed by atoms with Crippen molar-refractivity contribution < 1.29 is 4.79 Å². The van der Waals surface area contributed by atoms with E-state index in [2.05, 4.69) is 20.5 Å². The summed E-state index contributed by atoms with van der Waals surface area (Å²) in [4.78, 5) is 22.0. The van der Waals surface area contributed by atoms with Crippen molar-refractivity contribution >= 4 is 11.7 Å². The molecule has 0 spiro atoms. The van der Waals surface area contributed by atoms with Gasteiger partial charge in [-0.15, -0.1) is 0 Å². The van der Waals surface area contributed by atoms with Gasteiger partial charge in [0, 0.05) is 32.8 Å². The molecule has 112 valence electrons. The number of amides is 1. The van der Waals surface area contributed by atoms with Crippen molar-refractivity contribution in [3.05, 3.63) is 29.8 Å². The van der Waals surface area contributed by atoms with Crippen molar-refractivity contribution in [2.24, 2.45) is 5.84 Å². The van der Waals surface area contributed by atoms with Crippen molar-refractivity contribution in [3.8, 4) is 5.82 Å². The Morgan fingerprint density at radius 2 is 2.19 bits per heavy atom. The molecule has 21 heavy (non-hydrogen) atoms. The summed E-state index contributed by atoms with van der Waals surface area (Å²) in [7, 11) is 3.36. The van der Waals surface area contributed by atoms with Gasteiger partial charge in [0.25, 0.3) is 5.91 Å². The zero-order chi connectivity index (χ0) is 15.4. The minimum absolute atomic E-state index is 0.159. The zero-order valence-corrected chi connectivity index (χ0v) is 12.4. The average molecular weight is 289 g/mol. The van der Waals surface area contributed by atoms with Crippen LogP contribution >= 0.6 is 0 Å². The minimum atomic E-state index is -0.159. The highest BCUT2D eigenvalue weighted by molar-refractivity contribution is 5.91. The summed E-state index contributed by atoms with van der Waals surface area (Å²) in [5.74, 6) is 7.03. The first kappa shape index (κ1) is 14.9. The number of hydrazine groups is 1. The number of aryl methyl sites for hydroxylation is 1.